The summed E-state index contributed by atoms with van der Waals surface area (Å²) < 4.78 is 17.0. The fraction of sp³-hybridized carbons (Fsp3) is 0.261. The number of benzene rings is 2. The topological polar surface area (TPSA) is 122 Å². The Morgan fingerprint density at radius 1 is 1.00 bits per heavy atom. The zero-order valence-corrected chi connectivity index (χ0v) is 21.9. The van der Waals surface area contributed by atoms with E-state index >= 15 is 0 Å². The van der Waals surface area contributed by atoms with Crippen molar-refractivity contribution < 1.29 is 28.6 Å². The van der Waals surface area contributed by atoms with E-state index in [1.807, 2.05) is 11.5 Å². The van der Waals surface area contributed by atoms with Crippen molar-refractivity contribution >= 4 is 58.5 Å². The smallest absolute Gasteiger partial charge is 0.337 e. The molecule has 0 radical (unpaired) electrons. The number of anilines is 1. The van der Waals surface area contributed by atoms with Crippen LogP contribution in [-0.4, -0.2) is 52.6 Å². The minimum atomic E-state index is -0.656. The molecule has 0 atom stereocenters. The third-order valence-corrected chi connectivity index (χ3v) is 6.25. The van der Waals surface area contributed by atoms with Gasteiger partial charge in [-0.3, -0.25) is 4.79 Å². The summed E-state index contributed by atoms with van der Waals surface area (Å²) in [4.78, 5) is 36.5. The van der Waals surface area contributed by atoms with E-state index in [1.54, 1.807) is 18.2 Å². The van der Waals surface area contributed by atoms with E-state index in [1.165, 1.54) is 44.2 Å². The molecule has 1 N–H and O–H groups in total. The molecule has 0 aliphatic heterocycles. The summed E-state index contributed by atoms with van der Waals surface area (Å²) in [7, 11) is 2.44. The van der Waals surface area contributed by atoms with E-state index in [-0.39, 0.29) is 35.1 Å². The molecule has 0 unspecified atom stereocenters. The molecule has 10 nitrogen and oxygen atoms in total. The molecular formula is C23H22Cl2N4O6S. The van der Waals surface area contributed by atoms with Crippen molar-refractivity contribution in [1.82, 2.24) is 14.8 Å². The molecule has 13 heteroatoms. The van der Waals surface area contributed by atoms with Crippen LogP contribution in [0.4, 0.5) is 5.69 Å². The number of amides is 1. The average Bonchev–Trinajstić information content (AvgIpc) is 3.27. The number of nitrogens with zero attached hydrogens (tertiary/aromatic N) is 3. The van der Waals surface area contributed by atoms with Crippen molar-refractivity contribution in [3.63, 3.8) is 0 Å². The summed E-state index contributed by atoms with van der Waals surface area (Å²) >= 11 is 13.2. The average molecular weight is 553 g/mol. The van der Waals surface area contributed by atoms with Gasteiger partial charge in [0.1, 0.15) is 12.4 Å². The lowest BCUT2D eigenvalue weighted by Gasteiger charge is -2.11. The van der Waals surface area contributed by atoms with Crippen LogP contribution >= 0.6 is 35.0 Å². The van der Waals surface area contributed by atoms with E-state index < -0.39 is 11.9 Å². The number of carbonyl (C=O) groups is 3. The van der Waals surface area contributed by atoms with Gasteiger partial charge in [-0.25, -0.2) is 9.59 Å². The van der Waals surface area contributed by atoms with Gasteiger partial charge in [-0.1, -0.05) is 35.0 Å². The molecule has 0 spiro atoms. The van der Waals surface area contributed by atoms with Crippen molar-refractivity contribution in [2.45, 2.75) is 25.2 Å². The van der Waals surface area contributed by atoms with E-state index in [0.717, 1.165) is 0 Å². The molecule has 0 fully saturated rings. The van der Waals surface area contributed by atoms with Crippen molar-refractivity contribution in [3.8, 4) is 5.75 Å². The lowest BCUT2D eigenvalue weighted by atomic mass is 10.1. The first-order chi connectivity index (χ1) is 17.2. The highest BCUT2D eigenvalue weighted by Crippen LogP contribution is 2.28. The standard InChI is InChI=1S/C23H22Cl2N4O6S/c1-4-29-19(11-35-18-6-5-15(24)10-17(18)25)27-28-23(29)36-12-20(30)26-16-8-13(21(31)33-2)7-14(9-16)22(32)34-3/h5-10H,4,11-12H2,1-3H3,(H,26,30). The summed E-state index contributed by atoms with van der Waals surface area (Å²) in [5.41, 5.74) is 0.439. The predicted molar refractivity (Wildman–Crippen MR) is 135 cm³/mol. The molecule has 0 saturated carbocycles. The molecule has 0 aliphatic carbocycles. The third-order valence-electron chi connectivity index (χ3n) is 4.75. The van der Waals surface area contributed by atoms with Gasteiger partial charge in [-0.05, 0) is 43.3 Å². The molecule has 1 heterocycles. The number of thioether (sulfide) groups is 1. The summed E-state index contributed by atoms with van der Waals surface area (Å²) in [6.45, 7) is 2.58. The summed E-state index contributed by atoms with van der Waals surface area (Å²) in [6, 6.07) is 9.06. The van der Waals surface area contributed by atoms with Crippen molar-refractivity contribution in [2.75, 3.05) is 25.3 Å². The monoisotopic (exact) mass is 552 g/mol. The Labute approximate surface area is 221 Å². The van der Waals surface area contributed by atoms with Crippen molar-refractivity contribution in [3.05, 3.63) is 63.4 Å². The molecule has 190 valence electrons. The molecule has 0 aliphatic rings. The highest BCUT2D eigenvalue weighted by molar-refractivity contribution is 7.99. The van der Waals surface area contributed by atoms with Crippen LogP contribution < -0.4 is 10.1 Å². The molecular weight excluding hydrogens is 531 g/mol. The Hall–Kier alpha value is -3.28. The number of ether oxygens (including phenoxy) is 3. The third kappa shape index (κ3) is 6.90. The number of halogens is 2. The number of nitrogens with one attached hydrogen (secondary N) is 1. The van der Waals surface area contributed by atoms with Gasteiger partial charge in [0.2, 0.25) is 5.91 Å². The van der Waals surface area contributed by atoms with Crippen LogP contribution in [0.2, 0.25) is 10.0 Å². The maximum atomic E-state index is 12.6. The minimum Gasteiger partial charge on any atom is -0.484 e. The summed E-state index contributed by atoms with van der Waals surface area (Å²) in [6.07, 6.45) is 0. The van der Waals surface area contributed by atoms with Gasteiger partial charge >= 0.3 is 11.9 Å². The summed E-state index contributed by atoms with van der Waals surface area (Å²) in [5.74, 6) is -0.680. The summed E-state index contributed by atoms with van der Waals surface area (Å²) in [5, 5.41) is 12.4. The highest BCUT2D eigenvalue weighted by atomic mass is 35.5. The zero-order chi connectivity index (χ0) is 26.2. The first-order valence-corrected chi connectivity index (χ1v) is 12.2. The number of methoxy groups -OCH3 is 2. The Morgan fingerprint density at radius 3 is 2.25 bits per heavy atom. The molecule has 1 amide bonds. The number of esters is 2. The molecule has 0 saturated heterocycles. The fourth-order valence-electron chi connectivity index (χ4n) is 3.08. The Balaban J connectivity index is 1.66. The van der Waals surface area contributed by atoms with Gasteiger partial charge in [0.15, 0.2) is 11.0 Å². The second-order valence-corrected chi connectivity index (χ2v) is 8.91. The molecule has 3 aromatic rings. The molecule has 3 rings (SSSR count). The van der Waals surface area contributed by atoms with E-state index in [0.29, 0.717) is 33.3 Å². The number of hydrogen-bond donors (Lipinski definition) is 1. The Kier molecular flexibility index (Phi) is 9.57. The second-order valence-electron chi connectivity index (χ2n) is 7.13. The highest BCUT2D eigenvalue weighted by Gasteiger charge is 2.17. The largest absolute Gasteiger partial charge is 0.484 e. The molecule has 1 aromatic heterocycles. The van der Waals surface area contributed by atoms with Gasteiger partial charge in [0.25, 0.3) is 0 Å². The lowest BCUT2D eigenvalue weighted by molar-refractivity contribution is -0.113. The van der Waals surface area contributed by atoms with Crippen molar-refractivity contribution in [2.24, 2.45) is 0 Å². The number of rotatable bonds is 10. The molecule has 0 bridgehead atoms. The predicted octanol–water partition coefficient (Wildman–Crippen LogP) is 4.49. The van der Waals surface area contributed by atoms with E-state index in [2.05, 4.69) is 15.5 Å². The van der Waals surface area contributed by atoms with Crippen LogP contribution in [0, 0.1) is 0 Å². The van der Waals surface area contributed by atoms with Gasteiger partial charge in [-0.15, -0.1) is 10.2 Å². The lowest BCUT2D eigenvalue weighted by Crippen LogP contribution is -2.16. The quantitative estimate of drug-likeness (QED) is 0.286. The van der Waals surface area contributed by atoms with Crippen LogP contribution in [0.3, 0.4) is 0 Å². The first-order valence-electron chi connectivity index (χ1n) is 10.5. The van der Waals surface area contributed by atoms with Gasteiger partial charge in [0.05, 0.1) is 36.1 Å². The number of hydrogen-bond acceptors (Lipinski definition) is 9. The number of carbonyl (C=O) groups excluding carboxylic acids is 3. The van der Waals surface area contributed by atoms with E-state index in [9.17, 15) is 14.4 Å². The van der Waals surface area contributed by atoms with Crippen LogP contribution in [-0.2, 0) is 27.4 Å². The second kappa shape index (κ2) is 12.6. The normalized spacial score (nSPS) is 10.6. The maximum Gasteiger partial charge on any atom is 0.337 e. The van der Waals surface area contributed by atoms with Crippen LogP contribution in [0.1, 0.15) is 33.5 Å². The van der Waals surface area contributed by atoms with Crippen LogP contribution in [0.25, 0.3) is 0 Å². The van der Waals surface area contributed by atoms with Crippen LogP contribution in [0.5, 0.6) is 5.75 Å². The van der Waals surface area contributed by atoms with Crippen molar-refractivity contribution in [1.29, 1.82) is 0 Å². The van der Waals surface area contributed by atoms with E-state index in [4.69, 9.17) is 37.4 Å². The zero-order valence-electron chi connectivity index (χ0n) is 19.5. The molecule has 2 aromatic carbocycles. The Bertz CT molecular complexity index is 1250. The fourth-order valence-corrected chi connectivity index (χ4v) is 4.37. The van der Waals surface area contributed by atoms with Crippen LogP contribution in [0.15, 0.2) is 41.6 Å². The number of aromatic nitrogens is 3. The van der Waals surface area contributed by atoms with Gasteiger partial charge < -0.3 is 24.1 Å². The van der Waals surface area contributed by atoms with Gasteiger partial charge in [0, 0.05) is 17.3 Å². The minimum absolute atomic E-state index is 0.00197. The molecule has 36 heavy (non-hydrogen) atoms. The SMILES string of the molecule is CCn1c(COc2ccc(Cl)cc2Cl)nnc1SCC(=O)Nc1cc(C(=O)OC)cc(C(=O)OC)c1. The Morgan fingerprint density at radius 2 is 1.67 bits per heavy atom. The first kappa shape index (κ1) is 27.3. The van der Waals surface area contributed by atoms with Gasteiger partial charge in [-0.2, -0.15) is 0 Å². The maximum absolute atomic E-state index is 12.6.